The molecule has 0 aliphatic rings. The maximum atomic E-state index is 14.6. The fraction of sp³-hybridized carbons (Fsp3) is 0.107. The van der Waals surface area contributed by atoms with E-state index >= 15 is 0 Å². The fourth-order valence-corrected chi connectivity index (χ4v) is 4.70. The SMILES string of the molecule is CCS(=O)(=O)c1ccc(CC(=O)Nc2ccc(-c3cc(F)ccc3F)c(Oc3cccc(Cl)c3)c2)cc1. The molecule has 1 N–H and O–H groups in total. The molecule has 4 rings (SSSR count). The second-order valence-electron chi connectivity index (χ2n) is 8.17. The molecule has 0 radical (unpaired) electrons. The third kappa shape index (κ3) is 6.53. The van der Waals surface area contributed by atoms with Gasteiger partial charge in [-0.2, -0.15) is 0 Å². The minimum Gasteiger partial charge on any atom is -0.457 e. The number of hydrogen-bond acceptors (Lipinski definition) is 4. The van der Waals surface area contributed by atoms with Crippen molar-refractivity contribution in [1.82, 2.24) is 0 Å². The third-order valence-corrected chi connectivity index (χ3v) is 7.52. The molecule has 4 aromatic rings. The molecule has 0 saturated heterocycles. The summed E-state index contributed by atoms with van der Waals surface area (Å²) in [7, 11) is -3.33. The Hall–Kier alpha value is -3.75. The van der Waals surface area contributed by atoms with Crippen molar-refractivity contribution < 1.29 is 26.7 Å². The second-order valence-corrected chi connectivity index (χ2v) is 10.9. The van der Waals surface area contributed by atoms with Gasteiger partial charge in [-0.25, -0.2) is 17.2 Å². The van der Waals surface area contributed by atoms with Gasteiger partial charge < -0.3 is 10.1 Å². The first kappa shape index (κ1) is 26.3. The highest BCUT2D eigenvalue weighted by Crippen LogP contribution is 2.37. The predicted octanol–water partition coefficient (Wildman–Crippen LogP) is 7.05. The van der Waals surface area contributed by atoms with Gasteiger partial charge in [0.1, 0.15) is 23.1 Å². The summed E-state index contributed by atoms with van der Waals surface area (Å²) in [6, 6.07) is 20.4. The number of sulfone groups is 1. The normalized spacial score (nSPS) is 11.2. The van der Waals surface area contributed by atoms with Crippen molar-refractivity contribution in [3.8, 4) is 22.6 Å². The summed E-state index contributed by atoms with van der Waals surface area (Å²) in [5.74, 6) is -1.07. The van der Waals surface area contributed by atoms with Crippen LogP contribution >= 0.6 is 11.6 Å². The number of amides is 1. The van der Waals surface area contributed by atoms with Gasteiger partial charge in [0.25, 0.3) is 0 Å². The average molecular weight is 542 g/mol. The quantitative estimate of drug-likeness (QED) is 0.259. The topological polar surface area (TPSA) is 72.5 Å². The smallest absolute Gasteiger partial charge is 0.228 e. The summed E-state index contributed by atoms with van der Waals surface area (Å²) in [4.78, 5) is 12.9. The molecule has 0 aliphatic carbocycles. The molecule has 0 heterocycles. The van der Waals surface area contributed by atoms with Gasteiger partial charge in [-0.05, 0) is 66.2 Å². The van der Waals surface area contributed by atoms with Crippen LogP contribution in [0, 0.1) is 11.6 Å². The minimum absolute atomic E-state index is 0.00275. The molecule has 1 amide bonds. The van der Waals surface area contributed by atoms with Crippen LogP contribution in [0.2, 0.25) is 5.02 Å². The van der Waals surface area contributed by atoms with E-state index in [1.807, 2.05) is 0 Å². The van der Waals surface area contributed by atoms with Gasteiger partial charge in [0.15, 0.2) is 9.84 Å². The zero-order valence-electron chi connectivity index (χ0n) is 19.7. The maximum absolute atomic E-state index is 14.6. The summed E-state index contributed by atoms with van der Waals surface area (Å²) in [5.41, 5.74) is 1.27. The Labute approximate surface area is 218 Å². The Balaban J connectivity index is 1.60. The van der Waals surface area contributed by atoms with Gasteiger partial charge in [0, 0.05) is 27.9 Å². The zero-order chi connectivity index (χ0) is 26.6. The lowest BCUT2D eigenvalue weighted by atomic mass is 10.0. The number of halogens is 3. The van der Waals surface area contributed by atoms with Crippen LogP contribution in [0.3, 0.4) is 0 Å². The standard InChI is InChI=1S/C28H22ClF2NO4S/c1-2-37(34,35)23-10-6-18(7-11-23)14-28(33)32-21-9-12-24(25-16-20(30)8-13-26(25)31)27(17-21)36-22-5-3-4-19(29)15-22/h3-13,15-17H,2,14H2,1H3,(H,32,33). The monoisotopic (exact) mass is 541 g/mol. The van der Waals surface area contributed by atoms with Gasteiger partial charge in [0.05, 0.1) is 17.1 Å². The van der Waals surface area contributed by atoms with Crippen molar-refractivity contribution in [3.63, 3.8) is 0 Å². The van der Waals surface area contributed by atoms with E-state index in [4.69, 9.17) is 16.3 Å². The Bertz CT molecular complexity index is 1560. The van der Waals surface area contributed by atoms with Gasteiger partial charge in [-0.1, -0.05) is 36.7 Å². The van der Waals surface area contributed by atoms with Crippen LogP contribution in [0.4, 0.5) is 14.5 Å². The van der Waals surface area contributed by atoms with Crippen molar-refractivity contribution in [1.29, 1.82) is 0 Å². The number of nitrogens with one attached hydrogen (secondary N) is 1. The summed E-state index contributed by atoms with van der Waals surface area (Å²) in [5, 5.41) is 3.19. The summed E-state index contributed by atoms with van der Waals surface area (Å²) >= 11 is 6.05. The van der Waals surface area contributed by atoms with Crippen LogP contribution in [-0.4, -0.2) is 20.1 Å². The highest BCUT2D eigenvalue weighted by Gasteiger charge is 2.16. The average Bonchev–Trinajstić information content (AvgIpc) is 2.86. The second kappa shape index (κ2) is 11.1. The number of anilines is 1. The molecule has 0 fully saturated rings. The Morgan fingerprint density at radius 2 is 1.68 bits per heavy atom. The summed E-state index contributed by atoms with van der Waals surface area (Å²) in [6.07, 6.45) is -0.00277. The lowest BCUT2D eigenvalue weighted by Crippen LogP contribution is -2.14. The van der Waals surface area contributed by atoms with Crippen LogP contribution in [0.1, 0.15) is 12.5 Å². The van der Waals surface area contributed by atoms with E-state index in [1.54, 1.807) is 49.4 Å². The predicted molar refractivity (Wildman–Crippen MR) is 140 cm³/mol. The molecule has 190 valence electrons. The van der Waals surface area contributed by atoms with Gasteiger partial charge in [-0.3, -0.25) is 4.79 Å². The number of carbonyl (C=O) groups excluding carboxylic acids is 1. The van der Waals surface area contributed by atoms with Crippen molar-refractivity contribution >= 4 is 33.0 Å². The maximum Gasteiger partial charge on any atom is 0.228 e. The van der Waals surface area contributed by atoms with E-state index in [9.17, 15) is 22.0 Å². The van der Waals surface area contributed by atoms with Gasteiger partial charge >= 0.3 is 0 Å². The lowest BCUT2D eigenvalue weighted by molar-refractivity contribution is -0.115. The number of carbonyl (C=O) groups is 1. The molecule has 9 heteroatoms. The van der Waals surface area contributed by atoms with E-state index in [-0.39, 0.29) is 39.9 Å². The molecule has 0 spiro atoms. The van der Waals surface area contributed by atoms with Crippen molar-refractivity contribution in [2.75, 3.05) is 11.1 Å². The molecule has 5 nitrogen and oxygen atoms in total. The molecular weight excluding hydrogens is 520 g/mol. The third-order valence-electron chi connectivity index (χ3n) is 5.54. The minimum atomic E-state index is -3.33. The van der Waals surface area contributed by atoms with E-state index < -0.39 is 21.5 Å². The van der Waals surface area contributed by atoms with E-state index in [0.717, 1.165) is 18.2 Å². The highest BCUT2D eigenvalue weighted by atomic mass is 35.5. The Kier molecular flexibility index (Phi) is 7.90. The van der Waals surface area contributed by atoms with E-state index in [2.05, 4.69) is 5.32 Å². The molecule has 37 heavy (non-hydrogen) atoms. The molecule has 0 aromatic heterocycles. The van der Waals surface area contributed by atoms with Crippen LogP contribution in [0.25, 0.3) is 11.1 Å². The highest BCUT2D eigenvalue weighted by molar-refractivity contribution is 7.91. The van der Waals surface area contributed by atoms with Crippen LogP contribution in [0.5, 0.6) is 11.5 Å². The van der Waals surface area contributed by atoms with E-state index in [0.29, 0.717) is 22.0 Å². The first-order chi connectivity index (χ1) is 17.6. The number of ether oxygens (including phenoxy) is 1. The van der Waals surface area contributed by atoms with E-state index in [1.165, 1.54) is 24.3 Å². The first-order valence-electron chi connectivity index (χ1n) is 11.3. The van der Waals surface area contributed by atoms with Gasteiger partial charge in [0.2, 0.25) is 5.91 Å². The summed E-state index contributed by atoms with van der Waals surface area (Å²) < 4.78 is 58.4. The van der Waals surface area contributed by atoms with Crippen molar-refractivity contribution in [2.24, 2.45) is 0 Å². The Morgan fingerprint density at radius 3 is 2.38 bits per heavy atom. The largest absolute Gasteiger partial charge is 0.457 e. The van der Waals surface area contributed by atoms with Crippen molar-refractivity contribution in [3.05, 3.63) is 107 Å². The molecule has 0 atom stereocenters. The molecule has 0 unspecified atom stereocenters. The van der Waals surface area contributed by atoms with Gasteiger partial charge in [-0.15, -0.1) is 0 Å². The molecule has 0 bridgehead atoms. The van der Waals surface area contributed by atoms with Crippen LogP contribution < -0.4 is 10.1 Å². The molecule has 0 aliphatic heterocycles. The number of benzene rings is 4. The van der Waals surface area contributed by atoms with Crippen LogP contribution in [0.15, 0.2) is 89.8 Å². The lowest BCUT2D eigenvalue weighted by Gasteiger charge is -2.15. The first-order valence-corrected chi connectivity index (χ1v) is 13.3. The molecule has 0 saturated carbocycles. The van der Waals surface area contributed by atoms with Crippen LogP contribution in [-0.2, 0) is 21.1 Å². The number of rotatable bonds is 8. The summed E-state index contributed by atoms with van der Waals surface area (Å²) in [6.45, 7) is 1.56. The fourth-order valence-electron chi connectivity index (χ4n) is 3.64. The molecule has 4 aromatic carbocycles. The zero-order valence-corrected chi connectivity index (χ0v) is 21.2. The number of hydrogen-bond donors (Lipinski definition) is 1. The van der Waals surface area contributed by atoms with Crippen molar-refractivity contribution in [2.45, 2.75) is 18.2 Å². The Morgan fingerprint density at radius 1 is 0.919 bits per heavy atom. The molecular formula is C28H22ClF2NO4S.